The minimum atomic E-state index is 0.229. The third-order valence-electron chi connectivity index (χ3n) is 3.16. The van der Waals surface area contributed by atoms with Crippen LogP contribution in [-0.4, -0.2) is 37.7 Å². The molecule has 2 aliphatic rings. The largest absolute Gasteiger partial charge is 0.377 e. The Hall–Kier alpha value is -0.610. The molecule has 1 saturated carbocycles. The van der Waals surface area contributed by atoms with Crippen LogP contribution in [0, 0.1) is 5.92 Å². The molecule has 1 amide bonds. The zero-order chi connectivity index (χ0) is 10.7. The summed E-state index contributed by atoms with van der Waals surface area (Å²) in [6.07, 6.45) is 3.54. The lowest BCUT2D eigenvalue weighted by Crippen LogP contribution is -2.40. The standard InChI is InChI=1S/C11H20N2O2/c1-8-10(4-7-15-8)12-5-6-13-11(14)9-2-3-9/h8-10,12H,2-7H2,1H3,(H,13,14)/t8-,10-/m1/s1. The second-order valence-electron chi connectivity index (χ2n) is 4.49. The van der Waals surface area contributed by atoms with Gasteiger partial charge in [-0.2, -0.15) is 0 Å². The van der Waals surface area contributed by atoms with Gasteiger partial charge in [0, 0.05) is 31.7 Å². The number of hydrogen-bond donors (Lipinski definition) is 2. The summed E-state index contributed by atoms with van der Waals surface area (Å²) < 4.78 is 5.44. The van der Waals surface area contributed by atoms with Gasteiger partial charge in [-0.3, -0.25) is 4.79 Å². The normalized spacial score (nSPS) is 30.5. The Balaban J connectivity index is 1.52. The van der Waals surface area contributed by atoms with Crippen LogP contribution in [0.1, 0.15) is 26.2 Å². The molecular formula is C11H20N2O2. The highest BCUT2D eigenvalue weighted by Gasteiger charge is 2.29. The highest BCUT2D eigenvalue weighted by atomic mass is 16.5. The fourth-order valence-corrected chi connectivity index (χ4v) is 1.93. The molecule has 1 aliphatic heterocycles. The van der Waals surface area contributed by atoms with E-state index in [9.17, 15) is 4.79 Å². The first-order valence-electron chi connectivity index (χ1n) is 5.90. The van der Waals surface area contributed by atoms with E-state index in [1.165, 1.54) is 0 Å². The lowest BCUT2D eigenvalue weighted by atomic mass is 10.1. The van der Waals surface area contributed by atoms with Crippen molar-refractivity contribution in [2.45, 2.75) is 38.3 Å². The predicted molar refractivity (Wildman–Crippen MR) is 57.6 cm³/mol. The van der Waals surface area contributed by atoms with Gasteiger partial charge in [-0.15, -0.1) is 0 Å². The number of amides is 1. The van der Waals surface area contributed by atoms with E-state index in [2.05, 4.69) is 17.6 Å². The van der Waals surface area contributed by atoms with Crippen LogP contribution in [0.25, 0.3) is 0 Å². The molecule has 0 aromatic rings. The summed E-state index contributed by atoms with van der Waals surface area (Å²) in [4.78, 5) is 11.3. The number of ether oxygens (including phenoxy) is 1. The van der Waals surface area contributed by atoms with Gasteiger partial charge in [-0.25, -0.2) is 0 Å². The zero-order valence-electron chi connectivity index (χ0n) is 9.29. The Morgan fingerprint density at radius 3 is 2.73 bits per heavy atom. The van der Waals surface area contributed by atoms with Crippen molar-refractivity contribution in [1.82, 2.24) is 10.6 Å². The molecule has 15 heavy (non-hydrogen) atoms. The van der Waals surface area contributed by atoms with Gasteiger partial charge in [-0.1, -0.05) is 0 Å². The van der Waals surface area contributed by atoms with Crippen LogP contribution in [0.5, 0.6) is 0 Å². The van der Waals surface area contributed by atoms with Crippen LogP contribution in [0.2, 0.25) is 0 Å². The van der Waals surface area contributed by atoms with Crippen molar-refractivity contribution >= 4 is 5.91 Å². The van der Waals surface area contributed by atoms with E-state index in [4.69, 9.17) is 4.74 Å². The van der Waals surface area contributed by atoms with Crippen LogP contribution in [0.15, 0.2) is 0 Å². The van der Waals surface area contributed by atoms with E-state index in [0.29, 0.717) is 18.1 Å². The minimum Gasteiger partial charge on any atom is -0.377 e. The first-order chi connectivity index (χ1) is 7.27. The molecule has 0 aromatic carbocycles. The third-order valence-corrected chi connectivity index (χ3v) is 3.16. The molecule has 86 valence electrons. The van der Waals surface area contributed by atoms with Gasteiger partial charge in [0.1, 0.15) is 0 Å². The predicted octanol–water partition coefficient (Wildman–Crippen LogP) is 0.280. The molecule has 1 heterocycles. The molecule has 2 N–H and O–H groups in total. The molecule has 2 atom stereocenters. The van der Waals surface area contributed by atoms with E-state index >= 15 is 0 Å². The smallest absolute Gasteiger partial charge is 0.223 e. The van der Waals surface area contributed by atoms with Crippen molar-refractivity contribution in [3.8, 4) is 0 Å². The molecule has 0 radical (unpaired) electrons. The second kappa shape index (κ2) is 4.94. The number of carbonyl (C=O) groups is 1. The van der Waals surface area contributed by atoms with E-state index < -0.39 is 0 Å². The van der Waals surface area contributed by atoms with Crippen molar-refractivity contribution in [3.05, 3.63) is 0 Å². The van der Waals surface area contributed by atoms with Gasteiger partial charge in [0.15, 0.2) is 0 Å². The molecule has 0 unspecified atom stereocenters. The van der Waals surface area contributed by atoms with Gasteiger partial charge < -0.3 is 15.4 Å². The molecule has 2 rings (SSSR count). The van der Waals surface area contributed by atoms with Crippen LogP contribution >= 0.6 is 0 Å². The summed E-state index contributed by atoms with van der Waals surface area (Å²) >= 11 is 0. The van der Waals surface area contributed by atoms with E-state index in [-0.39, 0.29) is 5.91 Å². The Morgan fingerprint density at radius 1 is 1.33 bits per heavy atom. The van der Waals surface area contributed by atoms with Crippen molar-refractivity contribution in [1.29, 1.82) is 0 Å². The van der Waals surface area contributed by atoms with Gasteiger partial charge in [0.2, 0.25) is 5.91 Å². The van der Waals surface area contributed by atoms with Crippen molar-refractivity contribution in [2.24, 2.45) is 5.92 Å². The molecule has 1 saturated heterocycles. The highest BCUT2D eigenvalue weighted by Crippen LogP contribution is 2.28. The zero-order valence-corrected chi connectivity index (χ0v) is 9.29. The maximum atomic E-state index is 11.3. The fraction of sp³-hybridized carbons (Fsp3) is 0.909. The number of rotatable bonds is 5. The van der Waals surface area contributed by atoms with E-state index in [1.807, 2.05) is 0 Å². The Labute approximate surface area is 90.8 Å². The van der Waals surface area contributed by atoms with Gasteiger partial charge >= 0.3 is 0 Å². The van der Waals surface area contributed by atoms with Crippen LogP contribution in [-0.2, 0) is 9.53 Å². The molecule has 0 aromatic heterocycles. The molecule has 4 heteroatoms. The molecule has 1 aliphatic carbocycles. The molecule has 4 nitrogen and oxygen atoms in total. The quantitative estimate of drug-likeness (QED) is 0.644. The summed E-state index contributed by atoms with van der Waals surface area (Å²) in [6.45, 7) is 4.52. The lowest BCUT2D eigenvalue weighted by Gasteiger charge is -2.15. The van der Waals surface area contributed by atoms with E-state index in [1.54, 1.807) is 0 Å². The van der Waals surface area contributed by atoms with Crippen LogP contribution in [0.3, 0.4) is 0 Å². The number of nitrogens with one attached hydrogen (secondary N) is 2. The summed E-state index contributed by atoms with van der Waals surface area (Å²) in [6, 6.07) is 0.461. The second-order valence-corrected chi connectivity index (χ2v) is 4.49. The minimum absolute atomic E-state index is 0.229. The SMILES string of the molecule is C[C@H]1OCC[C@H]1NCCNC(=O)C1CC1. The Bertz CT molecular complexity index is 229. The molecular weight excluding hydrogens is 192 g/mol. The summed E-state index contributed by atoms with van der Waals surface area (Å²) in [7, 11) is 0. The summed E-state index contributed by atoms with van der Waals surface area (Å²) in [5.41, 5.74) is 0. The lowest BCUT2D eigenvalue weighted by molar-refractivity contribution is -0.122. The van der Waals surface area contributed by atoms with Gasteiger partial charge in [0.05, 0.1) is 6.10 Å². The average molecular weight is 212 g/mol. The van der Waals surface area contributed by atoms with Crippen molar-refractivity contribution in [3.63, 3.8) is 0 Å². The Kier molecular flexibility index (Phi) is 3.59. The topological polar surface area (TPSA) is 50.4 Å². The average Bonchev–Trinajstić information content (AvgIpc) is 2.99. The number of carbonyl (C=O) groups excluding carboxylic acids is 1. The van der Waals surface area contributed by atoms with Crippen molar-refractivity contribution in [2.75, 3.05) is 19.7 Å². The number of hydrogen-bond acceptors (Lipinski definition) is 3. The molecule has 0 spiro atoms. The summed E-state index contributed by atoms with van der Waals surface area (Å²) in [5, 5.41) is 6.35. The van der Waals surface area contributed by atoms with Gasteiger partial charge in [-0.05, 0) is 26.2 Å². The molecule has 2 fully saturated rings. The van der Waals surface area contributed by atoms with Crippen molar-refractivity contribution < 1.29 is 9.53 Å². The van der Waals surface area contributed by atoms with Gasteiger partial charge in [0.25, 0.3) is 0 Å². The molecule has 0 bridgehead atoms. The maximum absolute atomic E-state index is 11.3. The third kappa shape index (κ3) is 3.18. The first kappa shape index (κ1) is 10.9. The van der Waals surface area contributed by atoms with Crippen LogP contribution < -0.4 is 10.6 Å². The monoisotopic (exact) mass is 212 g/mol. The first-order valence-corrected chi connectivity index (χ1v) is 5.90. The van der Waals surface area contributed by atoms with Crippen LogP contribution in [0.4, 0.5) is 0 Å². The fourth-order valence-electron chi connectivity index (χ4n) is 1.93. The van der Waals surface area contributed by atoms with E-state index in [0.717, 1.165) is 39.0 Å². The summed E-state index contributed by atoms with van der Waals surface area (Å²) in [5.74, 6) is 0.547. The highest BCUT2D eigenvalue weighted by molar-refractivity contribution is 5.80. The Morgan fingerprint density at radius 2 is 2.13 bits per heavy atom. The maximum Gasteiger partial charge on any atom is 0.223 e.